The molecule has 0 aliphatic rings. The van der Waals surface area contributed by atoms with Crippen molar-refractivity contribution in [2.24, 2.45) is 0 Å². The summed E-state index contributed by atoms with van der Waals surface area (Å²) in [6.45, 7) is 8.91. The molecule has 56 valence electrons. The molecule has 0 fully saturated rings. The minimum absolute atomic E-state index is 1.10. The Morgan fingerprint density at radius 2 is 2.20 bits per heavy atom. The number of rotatable bonds is 4. The third-order valence-electron chi connectivity index (χ3n) is 1.13. The number of quaternary nitrogens is 1. The average Bonchev–Trinajstić information content (AvgIpc) is 1.89. The van der Waals surface area contributed by atoms with Gasteiger partial charge in [0.15, 0.2) is 0 Å². The van der Waals surface area contributed by atoms with Crippen LogP contribution in [0.15, 0.2) is 36.6 Å². The van der Waals surface area contributed by atoms with Crippen molar-refractivity contribution in [2.45, 2.75) is 13.8 Å². The lowest BCUT2D eigenvalue weighted by molar-refractivity contribution is -0.602. The maximum Gasteiger partial charge on any atom is 0.102 e. The van der Waals surface area contributed by atoms with Gasteiger partial charge in [-0.2, -0.15) is 0 Å². The van der Waals surface area contributed by atoms with Crippen molar-refractivity contribution in [3.8, 4) is 0 Å². The molecule has 0 radical (unpaired) electrons. The summed E-state index contributed by atoms with van der Waals surface area (Å²) in [7, 11) is 0. The van der Waals surface area contributed by atoms with Crippen molar-refractivity contribution in [1.82, 2.24) is 0 Å². The van der Waals surface area contributed by atoms with E-state index in [1.54, 1.807) is 6.08 Å². The van der Waals surface area contributed by atoms with Crippen LogP contribution in [0.1, 0.15) is 13.8 Å². The van der Waals surface area contributed by atoms with E-state index in [1.807, 2.05) is 12.2 Å². The van der Waals surface area contributed by atoms with Gasteiger partial charge in [-0.3, -0.25) is 0 Å². The fourth-order valence-electron chi connectivity index (χ4n) is 0.676. The summed E-state index contributed by atoms with van der Waals surface area (Å²) >= 11 is 0. The Bertz CT molecular complexity index is 143. The van der Waals surface area contributed by atoms with Crippen LogP contribution in [-0.2, 0) is 0 Å². The monoisotopic (exact) mass is 138 g/mol. The van der Waals surface area contributed by atoms with Gasteiger partial charge >= 0.3 is 0 Å². The van der Waals surface area contributed by atoms with E-state index >= 15 is 0 Å². The van der Waals surface area contributed by atoms with E-state index in [0.29, 0.717) is 0 Å². The normalized spacial score (nSPS) is 12.4. The maximum absolute atomic E-state index is 3.58. The molecule has 0 aromatic rings. The highest BCUT2D eigenvalue weighted by atomic mass is 14.8. The minimum atomic E-state index is 1.10. The largest absolute Gasteiger partial charge is 0.318 e. The quantitative estimate of drug-likeness (QED) is 0.562. The molecule has 0 saturated heterocycles. The van der Waals surface area contributed by atoms with Crippen LogP contribution >= 0.6 is 0 Å². The molecule has 0 atom stereocenters. The van der Waals surface area contributed by atoms with Crippen LogP contribution in [0.25, 0.3) is 0 Å². The minimum Gasteiger partial charge on any atom is -0.318 e. The summed E-state index contributed by atoms with van der Waals surface area (Å²) in [5, 5.41) is 2.19. The summed E-state index contributed by atoms with van der Waals surface area (Å²) in [5.41, 5.74) is 1.31. The zero-order valence-corrected chi connectivity index (χ0v) is 6.80. The predicted molar refractivity (Wildman–Crippen MR) is 45.6 cm³/mol. The first-order chi connectivity index (χ1) is 4.81. The van der Waals surface area contributed by atoms with E-state index in [9.17, 15) is 0 Å². The molecule has 0 bridgehead atoms. The molecule has 1 nitrogen and oxygen atoms in total. The van der Waals surface area contributed by atoms with Crippen molar-refractivity contribution in [2.75, 3.05) is 6.54 Å². The van der Waals surface area contributed by atoms with Gasteiger partial charge in [-0.05, 0) is 13.0 Å². The van der Waals surface area contributed by atoms with Crippen LogP contribution in [0.5, 0.6) is 0 Å². The lowest BCUT2D eigenvalue weighted by Crippen LogP contribution is -2.80. The number of hydrogen-bond donors (Lipinski definition) is 1. The van der Waals surface area contributed by atoms with Gasteiger partial charge in [0.05, 0.1) is 6.54 Å². The Kier molecular flexibility index (Phi) is 5.79. The second-order valence-electron chi connectivity index (χ2n) is 2.14. The van der Waals surface area contributed by atoms with Gasteiger partial charge in [0.25, 0.3) is 0 Å². The molecule has 0 aromatic heterocycles. The van der Waals surface area contributed by atoms with E-state index in [-0.39, 0.29) is 0 Å². The zero-order valence-electron chi connectivity index (χ0n) is 6.80. The number of nitrogens with two attached hydrogens (primary N) is 1. The second kappa shape index (κ2) is 6.30. The van der Waals surface area contributed by atoms with Crippen LogP contribution < -0.4 is 5.32 Å². The van der Waals surface area contributed by atoms with Crippen molar-refractivity contribution >= 4 is 0 Å². The molecule has 2 N–H and O–H groups in total. The van der Waals surface area contributed by atoms with Gasteiger partial charge < -0.3 is 5.32 Å². The molecule has 0 aromatic carbocycles. The Morgan fingerprint density at radius 3 is 2.70 bits per heavy atom. The summed E-state index contributed by atoms with van der Waals surface area (Å²) < 4.78 is 0. The van der Waals surface area contributed by atoms with E-state index in [2.05, 4.69) is 31.8 Å². The molecule has 10 heavy (non-hydrogen) atoms. The number of hydrogen-bond acceptors (Lipinski definition) is 0. The Hall–Kier alpha value is -0.820. The highest BCUT2D eigenvalue weighted by molar-refractivity contribution is 5.09. The van der Waals surface area contributed by atoms with Crippen LogP contribution in [0.4, 0.5) is 0 Å². The third kappa shape index (κ3) is 5.32. The average molecular weight is 138 g/mol. The first-order valence-corrected chi connectivity index (χ1v) is 3.60. The standard InChI is InChI=1S/C9H15N/c1-4-6-7-8-9(3)10-5-2/h4,6-8,10H,1,5H2,2-3H3/p+1/b7-6-,9-8-. The fraction of sp³-hybridized carbons (Fsp3) is 0.333. The fourth-order valence-corrected chi connectivity index (χ4v) is 0.676. The van der Waals surface area contributed by atoms with Gasteiger partial charge in [-0.25, -0.2) is 0 Å². The van der Waals surface area contributed by atoms with Gasteiger partial charge in [0.1, 0.15) is 5.70 Å². The summed E-state index contributed by atoms with van der Waals surface area (Å²) in [5.74, 6) is 0. The molecule has 0 heterocycles. The molecular weight excluding hydrogens is 122 g/mol. The molecule has 0 spiro atoms. The second-order valence-corrected chi connectivity index (χ2v) is 2.14. The van der Waals surface area contributed by atoms with E-state index < -0.39 is 0 Å². The lowest BCUT2D eigenvalue weighted by Gasteiger charge is -1.92. The van der Waals surface area contributed by atoms with E-state index in [0.717, 1.165) is 6.54 Å². The van der Waals surface area contributed by atoms with Crippen LogP contribution in [0, 0.1) is 0 Å². The Morgan fingerprint density at radius 1 is 1.50 bits per heavy atom. The van der Waals surface area contributed by atoms with Crippen molar-refractivity contribution < 1.29 is 5.32 Å². The first-order valence-electron chi connectivity index (χ1n) is 3.60. The predicted octanol–water partition coefficient (Wildman–Crippen LogP) is 1.22. The van der Waals surface area contributed by atoms with Crippen LogP contribution in [0.3, 0.4) is 0 Å². The Balaban J connectivity index is 3.67. The van der Waals surface area contributed by atoms with Crippen molar-refractivity contribution in [1.29, 1.82) is 0 Å². The Labute approximate surface area is 63.1 Å². The molecule has 0 unspecified atom stereocenters. The molecule has 0 rings (SSSR count). The third-order valence-corrected chi connectivity index (χ3v) is 1.13. The lowest BCUT2D eigenvalue weighted by atomic mass is 10.4. The van der Waals surface area contributed by atoms with E-state index in [1.165, 1.54) is 5.70 Å². The summed E-state index contributed by atoms with van der Waals surface area (Å²) in [6.07, 6.45) is 7.77. The van der Waals surface area contributed by atoms with Crippen LogP contribution in [-0.4, -0.2) is 6.54 Å². The summed E-state index contributed by atoms with van der Waals surface area (Å²) in [6, 6.07) is 0. The molecular formula is C9H16N+. The van der Waals surface area contributed by atoms with E-state index in [4.69, 9.17) is 0 Å². The highest BCUT2D eigenvalue weighted by Gasteiger charge is 1.84. The van der Waals surface area contributed by atoms with Gasteiger partial charge in [-0.15, -0.1) is 0 Å². The van der Waals surface area contributed by atoms with Gasteiger partial charge in [0, 0.05) is 6.92 Å². The molecule has 0 aliphatic carbocycles. The smallest absolute Gasteiger partial charge is 0.102 e. The zero-order chi connectivity index (χ0) is 7.82. The molecule has 0 amide bonds. The molecule has 0 saturated carbocycles. The first kappa shape index (κ1) is 9.18. The molecule has 0 aliphatic heterocycles. The molecule has 1 heteroatoms. The van der Waals surface area contributed by atoms with Gasteiger partial charge in [0.2, 0.25) is 0 Å². The highest BCUT2D eigenvalue weighted by Crippen LogP contribution is 1.80. The van der Waals surface area contributed by atoms with Crippen LogP contribution in [0.2, 0.25) is 0 Å². The topological polar surface area (TPSA) is 16.6 Å². The van der Waals surface area contributed by atoms with Gasteiger partial charge in [-0.1, -0.05) is 24.8 Å². The SMILES string of the molecule is C=C/C=C\C=C(\C)[NH2+]CC. The maximum atomic E-state index is 3.58. The summed E-state index contributed by atoms with van der Waals surface area (Å²) in [4.78, 5) is 0. The van der Waals surface area contributed by atoms with Crippen molar-refractivity contribution in [3.05, 3.63) is 36.6 Å². The van der Waals surface area contributed by atoms with Crippen molar-refractivity contribution in [3.63, 3.8) is 0 Å². The number of allylic oxidation sites excluding steroid dienone is 5.